The smallest absolute Gasteiger partial charge is 0.237 e. The van der Waals surface area contributed by atoms with Crippen molar-refractivity contribution in [1.29, 1.82) is 0 Å². The summed E-state index contributed by atoms with van der Waals surface area (Å²) in [5, 5.41) is 3.93. The van der Waals surface area contributed by atoms with Gasteiger partial charge in [0.05, 0.1) is 12.7 Å². The maximum Gasteiger partial charge on any atom is 0.237 e. The van der Waals surface area contributed by atoms with Gasteiger partial charge in [-0.05, 0) is 25.0 Å². The monoisotopic (exact) mass is 244 g/mol. The van der Waals surface area contributed by atoms with Crippen molar-refractivity contribution in [3.05, 3.63) is 0 Å². The van der Waals surface area contributed by atoms with Crippen LogP contribution in [-0.2, 0) is 4.79 Å². The third-order valence-corrected chi connectivity index (χ3v) is 4.10. The first-order valence-corrected chi connectivity index (χ1v) is 7.39. The molecule has 1 fully saturated rings. The van der Waals surface area contributed by atoms with Crippen LogP contribution in [0.4, 0.5) is 0 Å². The van der Waals surface area contributed by atoms with Gasteiger partial charge in [-0.1, -0.05) is 20.8 Å². The molecule has 1 amide bonds. The Bertz CT molecular complexity index is 233. The highest BCUT2D eigenvalue weighted by atomic mass is 32.2. The maximum absolute atomic E-state index is 11.7. The fraction of sp³-hybridized carbons (Fsp3) is 0.917. The molecule has 1 aliphatic heterocycles. The third-order valence-electron chi connectivity index (χ3n) is 3.06. The van der Waals surface area contributed by atoms with E-state index in [1.807, 2.05) is 16.7 Å². The summed E-state index contributed by atoms with van der Waals surface area (Å²) in [5.41, 5.74) is 0. The molecule has 1 saturated heterocycles. The molecule has 1 N–H and O–H groups in total. The predicted octanol–water partition coefficient (Wildman–Crippen LogP) is 1.93. The SMILES string of the molecule is CSC(C)CCN1C(=O)CNC1CC(C)C. The van der Waals surface area contributed by atoms with Crippen molar-refractivity contribution in [3.63, 3.8) is 0 Å². The summed E-state index contributed by atoms with van der Waals surface area (Å²) in [6.07, 6.45) is 4.53. The first kappa shape index (κ1) is 13.8. The Labute approximate surface area is 103 Å². The zero-order chi connectivity index (χ0) is 12.1. The van der Waals surface area contributed by atoms with Gasteiger partial charge in [-0.2, -0.15) is 11.8 Å². The van der Waals surface area contributed by atoms with E-state index in [4.69, 9.17) is 0 Å². The van der Waals surface area contributed by atoms with Crippen molar-refractivity contribution < 1.29 is 4.79 Å². The van der Waals surface area contributed by atoms with Crippen LogP contribution >= 0.6 is 11.8 Å². The summed E-state index contributed by atoms with van der Waals surface area (Å²) in [4.78, 5) is 13.7. The van der Waals surface area contributed by atoms with Crippen LogP contribution in [0.25, 0.3) is 0 Å². The lowest BCUT2D eigenvalue weighted by atomic mass is 10.1. The average Bonchev–Trinajstić information content (AvgIpc) is 2.56. The fourth-order valence-corrected chi connectivity index (χ4v) is 2.31. The highest BCUT2D eigenvalue weighted by Gasteiger charge is 2.30. The number of rotatable bonds is 6. The molecule has 16 heavy (non-hydrogen) atoms. The van der Waals surface area contributed by atoms with Crippen molar-refractivity contribution in [1.82, 2.24) is 10.2 Å². The second kappa shape index (κ2) is 6.50. The summed E-state index contributed by atoms with van der Waals surface area (Å²) in [6, 6.07) is 0. The molecule has 3 nitrogen and oxygen atoms in total. The molecule has 94 valence electrons. The molecule has 0 aromatic heterocycles. The first-order valence-electron chi connectivity index (χ1n) is 6.10. The van der Waals surface area contributed by atoms with Gasteiger partial charge in [-0.25, -0.2) is 0 Å². The molecule has 0 aromatic rings. The molecule has 2 atom stereocenters. The van der Waals surface area contributed by atoms with Crippen molar-refractivity contribution in [2.75, 3.05) is 19.3 Å². The molecule has 1 aliphatic rings. The Morgan fingerprint density at radius 3 is 2.75 bits per heavy atom. The van der Waals surface area contributed by atoms with E-state index < -0.39 is 0 Å². The van der Waals surface area contributed by atoms with Gasteiger partial charge in [0.2, 0.25) is 5.91 Å². The van der Waals surface area contributed by atoms with Gasteiger partial charge in [-0.3, -0.25) is 10.1 Å². The van der Waals surface area contributed by atoms with Crippen molar-refractivity contribution in [2.24, 2.45) is 5.92 Å². The Kier molecular flexibility index (Phi) is 5.62. The lowest BCUT2D eigenvalue weighted by Gasteiger charge is -2.26. The summed E-state index contributed by atoms with van der Waals surface area (Å²) >= 11 is 1.87. The van der Waals surface area contributed by atoms with E-state index >= 15 is 0 Å². The van der Waals surface area contributed by atoms with Crippen molar-refractivity contribution >= 4 is 17.7 Å². The summed E-state index contributed by atoms with van der Waals surface area (Å²) in [6.45, 7) is 8.03. The molecule has 0 spiro atoms. The first-order chi connectivity index (χ1) is 7.54. The van der Waals surface area contributed by atoms with Crippen LogP contribution in [0, 0.1) is 5.92 Å². The third kappa shape index (κ3) is 3.98. The lowest BCUT2D eigenvalue weighted by molar-refractivity contribution is -0.128. The van der Waals surface area contributed by atoms with Crippen LogP contribution in [-0.4, -0.2) is 41.6 Å². The van der Waals surface area contributed by atoms with E-state index in [0.29, 0.717) is 17.7 Å². The van der Waals surface area contributed by atoms with E-state index in [2.05, 4.69) is 32.3 Å². The van der Waals surface area contributed by atoms with E-state index in [0.717, 1.165) is 19.4 Å². The molecule has 0 aliphatic carbocycles. The Morgan fingerprint density at radius 2 is 2.19 bits per heavy atom. The molecule has 0 bridgehead atoms. The molecule has 4 heteroatoms. The van der Waals surface area contributed by atoms with Gasteiger partial charge in [0.25, 0.3) is 0 Å². The van der Waals surface area contributed by atoms with Crippen LogP contribution < -0.4 is 5.32 Å². The standard InChI is InChI=1S/C12H24N2OS/c1-9(2)7-11-13-8-12(15)14(11)6-5-10(3)16-4/h9-11,13H,5-8H2,1-4H3. The molecule has 1 heterocycles. The number of amides is 1. The minimum atomic E-state index is 0.263. The van der Waals surface area contributed by atoms with Gasteiger partial charge < -0.3 is 4.90 Å². The number of nitrogens with zero attached hydrogens (tertiary/aromatic N) is 1. The zero-order valence-electron chi connectivity index (χ0n) is 10.8. The lowest BCUT2D eigenvalue weighted by Crippen LogP contribution is -2.39. The van der Waals surface area contributed by atoms with Gasteiger partial charge in [0.15, 0.2) is 0 Å². The van der Waals surface area contributed by atoms with Crippen LogP contribution in [0.1, 0.15) is 33.6 Å². The number of hydrogen-bond donors (Lipinski definition) is 1. The number of carbonyl (C=O) groups is 1. The molecule has 2 unspecified atom stereocenters. The summed E-state index contributed by atoms with van der Waals surface area (Å²) < 4.78 is 0. The van der Waals surface area contributed by atoms with Gasteiger partial charge in [0.1, 0.15) is 0 Å². The van der Waals surface area contributed by atoms with Gasteiger partial charge in [0, 0.05) is 11.8 Å². The van der Waals surface area contributed by atoms with Crippen LogP contribution in [0.15, 0.2) is 0 Å². The number of carbonyl (C=O) groups excluding carboxylic acids is 1. The number of thioether (sulfide) groups is 1. The molecular weight excluding hydrogens is 220 g/mol. The summed E-state index contributed by atoms with van der Waals surface area (Å²) in [7, 11) is 0. The molecule has 0 radical (unpaired) electrons. The average molecular weight is 244 g/mol. The molecule has 1 rings (SSSR count). The van der Waals surface area contributed by atoms with E-state index in [9.17, 15) is 4.79 Å². The van der Waals surface area contributed by atoms with E-state index in [1.54, 1.807) is 0 Å². The molecule has 0 aromatic carbocycles. The highest BCUT2D eigenvalue weighted by molar-refractivity contribution is 7.99. The van der Waals surface area contributed by atoms with Gasteiger partial charge >= 0.3 is 0 Å². The Morgan fingerprint density at radius 1 is 1.50 bits per heavy atom. The Hall–Kier alpha value is -0.220. The largest absolute Gasteiger partial charge is 0.326 e. The minimum absolute atomic E-state index is 0.263. The van der Waals surface area contributed by atoms with Crippen molar-refractivity contribution in [2.45, 2.75) is 45.0 Å². The highest BCUT2D eigenvalue weighted by Crippen LogP contribution is 2.17. The second-order valence-electron chi connectivity index (χ2n) is 4.95. The van der Waals surface area contributed by atoms with Crippen LogP contribution in [0.3, 0.4) is 0 Å². The van der Waals surface area contributed by atoms with Gasteiger partial charge in [-0.15, -0.1) is 0 Å². The second-order valence-corrected chi connectivity index (χ2v) is 6.22. The fourth-order valence-electron chi connectivity index (χ4n) is 1.97. The van der Waals surface area contributed by atoms with Crippen LogP contribution in [0.2, 0.25) is 0 Å². The topological polar surface area (TPSA) is 32.3 Å². The van der Waals surface area contributed by atoms with E-state index in [-0.39, 0.29) is 12.1 Å². The normalized spacial score (nSPS) is 23.2. The van der Waals surface area contributed by atoms with E-state index in [1.165, 1.54) is 0 Å². The zero-order valence-corrected chi connectivity index (χ0v) is 11.6. The minimum Gasteiger partial charge on any atom is -0.326 e. The quantitative estimate of drug-likeness (QED) is 0.775. The van der Waals surface area contributed by atoms with Crippen molar-refractivity contribution in [3.8, 4) is 0 Å². The Balaban J connectivity index is 2.43. The maximum atomic E-state index is 11.7. The molecule has 0 saturated carbocycles. The number of hydrogen-bond acceptors (Lipinski definition) is 3. The number of nitrogens with one attached hydrogen (secondary N) is 1. The van der Waals surface area contributed by atoms with Crippen LogP contribution in [0.5, 0.6) is 0 Å². The molecular formula is C12H24N2OS. The predicted molar refractivity (Wildman–Crippen MR) is 70.6 cm³/mol. The summed E-state index contributed by atoms with van der Waals surface area (Å²) in [5.74, 6) is 0.892.